The molecule has 0 aliphatic heterocycles. The molecule has 0 atom stereocenters. The Morgan fingerprint density at radius 2 is 1.73 bits per heavy atom. The Kier molecular flexibility index (Phi) is 8.65. The molecule has 0 fully saturated rings. The van der Waals surface area contributed by atoms with Crippen LogP contribution in [0.25, 0.3) is 11.0 Å². The minimum Gasteiger partial charge on any atom is -0.493 e. The Labute approximate surface area is 220 Å². The second kappa shape index (κ2) is 12.1. The number of aryl methyl sites for hydroxylation is 5. The molecule has 3 aromatic carbocycles. The molecule has 5 nitrogen and oxygen atoms in total. The van der Waals surface area contributed by atoms with Crippen LogP contribution in [-0.2, 0) is 13.0 Å². The van der Waals surface area contributed by atoms with Crippen LogP contribution in [0.2, 0.25) is 0 Å². The first-order valence-corrected chi connectivity index (χ1v) is 13.4. The number of aromatic nitrogens is 2. The van der Waals surface area contributed by atoms with E-state index >= 15 is 0 Å². The average molecular weight is 498 g/mol. The Bertz CT molecular complexity index is 1370. The molecule has 0 saturated heterocycles. The van der Waals surface area contributed by atoms with Crippen LogP contribution in [0.1, 0.15) is 71.0 Å². The largest absolute Gasteiger partial charge is 0.493 e. The number of amides is 1. The molecule has 4 aromatic rings. The summed E-state index contributed by atoms with van der Waals surface area (Å²) in [6.45, 7) is 12.6. The Hall–Kier alpha value is -3.60. The summed E-state index contributed by atoms with van der Waals surface area (Å²) in [5.74, 6) is 2.46. The summed E-state index contributed by atoms with van der Waals surface area (Å²) in [4.78, 5) is 17.5. The van der Waals surface area contributed by atoms with E-state index in [1.165, 1.54) is 11.1 Å². The number of nitrogens with one attached hydrogen (secondary N) is 1. The maximum absolute atomic E-state index is 12.6. The van der Waals surface area contributed by atoms with E-state index < -0.39 is 0 Å². The SMILES string of the molecule is Cc1ccc(C(=O)NCCCc2nc3ccccc3n2CCCOc2cc(C)ccc2C(C)C)c(C)c1. The third-order valence-corrected chi connectivity index (χ3v) is 6.80. The fourth-order valence-corrected chi connectivity index (χ4v) is 4.83. The van der Waals surface area contributed by atoms with Gasteiger partial charge in [0.2, 0.25) is 0 Å². The van der Waals surface area contributed by atoms with E-state index in [0.717, 1.165) is 65.1 Å². The molecule has 1 heterocycles. The zero-order valence-corrected chi connectivity index (χ0v) is 22.8. The Morgan fingerprint density at radius 1 is 0.973 bits per heavy atom. The number of para-hydroxylation sites is 2. The lowest BCUT2D eigenvalue weighted by atomic mass is 10.0. The summed E-state index contributed by atoms with van der Waals surface area (Å²) < 4.78 is 8.54. The monoisotopic (exact) mass is 497 g/mol. The lowest BCUT2D eigenvalue weighted by Gasteiger charge is -2.15. The van der Waals surface area contributed by atoms with Gasteiger partial charge in [-0.1, -0.05) is 55.8 Å². The number of ether oxygens (including phenoxy) is 1. The summed E-state index contributed by atoms with van der Waals surface area (Å²) >= 11 is 0. The topological polar surface area (TPSA) is 56.2 Å². The Morgan fingerprint density at radius 3 is 2.51 bits per heavy atom. The Balaban J connectivity index is 1.36. The number of carbonyl (C=O) groups is 1. The second-order valence-electron chi connectivity index (χ2n) is 10.2. The molecule has 4 rings (SSSR count). The highest BCUT2D eigenvalue weighted by Gasteiger charge is 2.13. The van der Waals surface area contributed by atoms with Gasteiger partial charge in [0, 0.05) is 25.1 Å². The first kappa shape index (κ1) is 26.5. The van der Waals surface area contributed by atoms with Crippen molar-refractivity contribution in [3.8, 4) is 5.75 Å². The van der Waals surface area contributed by atoms with Crippen molar-refractivity contribution in [3.05, 3.63) is 94.3 Å². The van der Waals surface area contributed by atoms with Gasteiger partial charge in [-0.3, -0.25) is 4.79 Å². The number of carbonyl (C=O) groups excluding carboxylic acids is 1. The maximum atomic E-state index is 12.6. The molecular formula is C32H39N3O2. The van der Waals surface area contributed by atoms with E-state index in [4.69, 9.17) is 9.72 Å². The first-order valence-electron chi connectivity index (χ1n) is 13.4. The van der Waals surface area contributed by atoms with Crippen LogP contribution >= 0.6 is 0 Å². The molecule has 1 aromatic heterocycles. The van der Waals surface area contributed by atoms with Crippen molar-refractivity contribution in [2.75, 3.05) is 13.2 Å². The van der Waals surface area contributed by atoms with Gasteiger partial charge in [-0.2, -0.15) is 0 Å². The maximum Gasteiger partial charge on any atom is 0.251 e. The molecule has 1 N–H and O–H groups in total. The standard InChI is InChI=1S/C32H39N3O2/c1-22(2)26-15-13-24(4)21-30(26)37-19-9-18-35-29-11-7-6-10-28(29)34-31(35)12-8-17-33-32(36)27-16-14-23(3)20-25(27)5/h6-7,10-11,13-16,20-22H,8-9,12,17-19H2,1-5H3,(H,33,36). The number of nitrogens with zero attached hydrogens (tertiary/aromatic N) is 2. The predicted molar refractivity (Wildman–Crippen MR) is 152 cm³/mol. The number of hydrogen-bond donors (Lipinski definition) is 1. The molecule has 5 heteroatoms. The fraction of sp³-hybridized carbons (Fsp3) is 0.375. The number of imidazole rings is 1. The lowest BCUT2D eigenvalue weighted by Crippen LogP contribution is -2.25. The van der Waals surface area contributed by atoms with Crippen LogP contribution in [-0.4, -0.2) is 28.6 Å². The van der Waals surface area contributed by atoms with Gasteiger partial charge in [0.15, 0.2) is 0 Å². The van der Waals surface area contributed by atoms with Crippen molar-refractivity contribution in [1.29, 1.82) is 0 Å². The van der Waals surface area contributed by atoms with Gasteiger partial charge in [0.05, 0.1) is 17.6 Å². The molecular weight excluding hydrogens is 458 g/mol. The van der Waals surface area contributed by atoms with Crippen LogP contribution in [0.5, 0.6) is 5.75 Å². The highest BCUT2D eigenvalue weighted by molar-refractivity contribution is 5.95. The number of hydrogen-bond acceptors (Lipinski definition) is 3. The molecule has 37 heavy (non-hydrogen) atoms. The molecule has 0 saturated carbocycles. The van der Waals surface area contributed by atoms with Gasteiger partial charge in [-0.15, -0.1) is 0 Å². The molecule has 0 radical (unpaired) electrons. The van der Waals surface area contributed by atoms with Gasteiger partial charge in [0.25, 0.3) is 5.91 Å². The number of rotatable bonds is 11. The van der Waals surface area contributed by atoms with Gasteiger partial charge < -0.3 is 14.6 Å². The minimum absolute atomic E-state index is 0.0138. The molecule has 0 aliphatic rings. The number of fused-ring (bicyclic) bond motifs is 1. The molecule has 1 amide bonds. The van der Waals surface area contributed by atoms with E-state index in [1.807, 2.05) is 38.1 Å². The van der Waals surface area contributed by atoms with Gasteiger partial charge in [0.1, 0.15) is 11.6 Å². The first-order chi connectivity index (χ1) is 17.8. The summed E-state index contributed by atoms with van der Waals surface area (Å²) in [5.41, 5.74) is 7.54. The van der Waals surface area contributed by atoms with Crippen LogP contribution in [0.4, 0.5) is 0 Å². The third-order valence-electron chi connectivity index (χ3n) is 6.80. The van der Waals surface area contributed by atoms with Gasteiger partial charge in [-0.25, -0.2) is 4.98 Å². The van der Waals surface area contributed by atoms with Gasteiger partial charge >= 0.3 is 0 Å². The van der Waals surface area contributed by atoms with Crippen LogP contribution < -0.4 is 10.1 Å². The summed E-state index contributed by atoms with van der Waals surface area (Å²) in [6.07, 6.45) is 2.53. The van der Waals surface area contributed by atoms with E-state index in [9.17, 15) is 4.79 Å². The van der Waals surface area contributed by atoms with E-state index in [1.54, 1.807) is 0 Å². The number of benzene rings is 3. The smallest absolute Gasteiger partial charge is 0.251 e. The molecule has 194 valence electrons. The highest BCUT2D eigenvalue weighted by atomic mass is 16.5. The van der Waals surface area contributed by atoms with E-state index in [2.05, 4.69) is 67.1 Å². The quantitative estimate of drug-likeness (QED) is 0.229. The predicted octanol–water partition coefficient (Wildman–Crippen LogP) is 6.92. The molecule has 0 unspecified atom stereocenters. The van der Waals surface area contributed by atoms with E-state index in [-0.39, 0.29) is 5.91 Å². The van der Waals surface area contributed by atoms with Crippen molar-refractivity contribution in [1.82, 2.24) is 14.9 Å². The summed E-state index contributed by atoms with van der Waals surface area (Å²) in [5, 5.41) is 3.08. The average Bonchev–Trinajstić information content (AvgIpc) is 3.21. The molecule has 0 bridgehead atoms. The van der Waals surface area contributed by atoms with Crippen molar-refractivity contribution in [3.63, 3.8) is 0 Å². The zero-order valence-electron chi connectivity index (χ0n) is 22.8. The summed E-state index contributed by atoms with van der Waals surface area (Å²) in [6, 6.07) is 20.7. The third kappa shape index (κ3) is 6.59. The van der Waals surface area contributed by atoms with Crippen LogP contribution in [0.3, 0.4) is 0 Å². The molecule has 0 spiro atoms. The van der Waals surface area contributed by atoms with Crippen molar-refractivity contribution in [2.24, 2.45) is 0 Å². The van der Waals surface area contributed by atoms with E-state index in [0.29, 0.717) is 19.1 Å². The normalized spacial score (nSPS) is 11.3. The minimum atomic E-state index is -0.0138. The fourth-order valence-electron chi connectivity index (χ4n) is 4.83. The van der Waals surface area contributed by atoms with Crippen LogP contribution in [0.15, 0.2) is 60.7 Å². The van der Waals surface area contributed by atoms with Crippen LogP contribution in [0, 0.1) is 20.8 Å². The van der Waals surface area contributed by atoms with Crippen molar-refractivity contribution >= 4 is 16.9 Å². The zero-order chi connectivity index (χ0) is 26.4. The molecule has 0 aliphatic carbocycles. The second-order valence-corrected chi connectivity index (χ2v) is 10.2. The van der Waals surface area contributed by atoms with Crippen molar-refractivity contribution < 1.29 is 9.53 Å². The van der Waals surface area contributed by atoms with Crippen molar-refractivity contribution in [2.45, 2.75) is 66.3 Å². The lowest BCUT2D eigenvalue weighted by molar-refractivity contribution is 0.0952. The van der Waals surface area contributed by atoms with Gasteiger partial charge in [-0.05, 0) is 80.5 Å². The highest BCUT2D eigenvalue weighted by Crippen LogP contribution is 2.27. The summed E-state index contributed by atoms with van der Waals surface area (Å²) in [7, 11) is 0.